The quantitative estimate of drug-likeness (QED) is 0.600. The Hall–Kier alpha value is -2.53. The smallest absolute Gasteiger partial charge is 0.214 e. The Bertz CT molecular complexity index is 1110. The van der Waals surface area contributed by atoms with E-state index in [1.54, 1.807) is 12.3 Å². The van der Waals surface area contributed by atoms with Gasteiger partial charge in [-0.25, -0.2) is 13.1 Å². The highest BCUT2D eigenvalue weighted by molar-refractivity contribution is 7.90. The molecule has 0 bridgehead atoms. The highest BCUT2D eigenvalue weighted by atomic mass is 32.2. The minimum atomic E-state index is -3.38. The number of hydrogen-bond donors (Lipinski definition) is 2. The zero-order valence-corrected chi connectivity index (χ0v) is 20.3. The van der Waals surface area contributed by atoms with E-state index in [0.717, 1.165) is 16.8 Å². The Kier molecular flexibility index (Phi) is 8.41. The molecule has 0 amide bonds. The lowest BCUT2D eigenvalue weighted by molar-refractivity contribution is 0.236. The van der Waals surface area contributed by atoms with Crippen LogP contribution in [-0.4, -0.2) is 36.4 Å². The standard InChI is InChI=1S/C26H33N3O3S/c1-18(20(3)19(2)14-25-13-12-24(17-30)29-33(25,31)32)8-10-23-11-9-22(16-28-23)26-7-5-4-6-21(26)15-27/h4-11,16,18-20,24-25,29-30H,12-14,17H2,1-3H3/b10-8+/t18-,19-,20-,24-,25?/m0/s1. The minimum Gasteiger partial charge on any atom is -0.395 e. The third-order valence-electron chi connectivity index (χ3n) is 6.90. The summed E-state index contributed by atoms with van der Waals surface area (Å²) in [5.74, 6) is 0.786. The molecule has 1 aliphatic heterocycles. The number of pyridine rings is 1. The average molecular weight is 468 g/mol. The van der Waals surface area contributed by atoms with Gasteiger partial charge < -0.3 is 5.11 Å². The van der Waals surface area contributed by atoms with Gasteiger partial charge in [-0.05, 0) is 55.2 Å². The summed E-state index contributed by atoms with van der Waals surface area (Å²) >= 11 is 0. The number of aliphatic hydroxyl groups is 1. The molecule has 1 saturated heterocycles. The van der Waals surface area contributed by atoms with Crippen molar-refractivity contribution in [2.45, 2.75) is 51.3 Å². The van der Waals surface area contributed by atoms with Crippen LogP contribution in [0, 0.1) is 29.1 Å². The summed E-state index contributed by atoms with van der Waals surface area (Å²) in [6.45, 7) is 6.26. The number of allylic oxidation sites excluding steroid dienone is 1. The lowest BCUT2D eigenvalue weighted by Gasteiger charge is -2.32. The predicted octanol–water partition coefficient (Wildman–Crippen LogP) is 4.37. The van der Waals surface area contributed by atoms with Crippen molar-refractivity contribution in [2.75, 3.05) is 6.61 Å². The summed E-state index contributed by atoms with van der Waals surface area (Å²) in [6.07, 6.45) is 7.79. The Morgan fingerprint density at radius 2 is 1.97 bits per heavy atom. The second-order valence-corrected chi connectivity index (χ2v) is 11.2. The maximum absolute atomic E-state index is 12.5. The van der Waals surface area contributed by atoms with Gasteiger partial charge in [-0.1, -0.05) is 51.1 Å². The van der Waals surface area contributed by atoms with Crippen molar-refractivity contribution in [3.63, 3.8) is 0 Å². The zero-order chi connectivity index (χ0) is 24.0. The van der Waals surface area contributed by atoms with Gasteiger partial charge in [-0.3, -0.25) is 4.98 Å². The Balaban J connectivity index is 1.60. The number of nitriles is 1. The normalized spacial score (nSPS) is 23.0. The van der Waals surface area contributed by atoms with Crippen LogP contribution in [0.15, 0.2) is 48.7 Å². The molecule has 1 aromatic heterocycles. The van der Waals surface area contributed by atoms with Gasteiger partial charge in [0, 0.05) is 23.4 Å². The van der Waals surface area contributed by atoms with E-state index < -0.39 is 15.3 Å². The molecule has 7 heteroatoms. The maximum Gasteiger partial charge on any atom is 0.214 e. The number of aromatic nitrogens is 1. The van der Waals surface area contributed by atoms with E-state index in [0.29, 0.717) is 30.7 Å². The van der Waals surface area contributed by atoms with Crippen LogP contribution in [0.5, 0.6) is 0 Å². The van der Waals surface area contributed by atoms with Crippen molar-refractivity contribution in [2.24, 2.45) is 17.8 Å². The second kappa shape index (κ2) is 11.1. The molecule has 5 atom stereocenters. The molecule has 3 rings (SSSR count). The summed E-state index contributed by atoms with van der Waals surface area (Å²) in [5.41, 5.74) is 3.25. The highest BCUT2D eigenvalue weighted by Crippen LogP contribution is 2.31. The van der Waals surface area contributed by atoms with Gasteiger partial charge in [0.05, 0.1) is 29.2 Å². The maximum atomic E-state index is 12.5. The first kappa shape index (κ1) is 25.1. The van der Waals surface area contributed by atoms with Crippen LogP contribution in [0.3, 0.4) is 0 Å². The van der Waals surface area contributed by atoms with Crippen LogP contribution in [-0.2, 0) is 10.0 Å². The first-order valence-corrected chi connectivity index (χ1v) is 13.1. The molecule has 33 heavy (non-hydrogen) atoms. The van der Waals surface area contributed by atoms with Crippen LogP contribution in [0.4, 0.5) is 0 Å². The fourth-order valence-electron chi connectivity index (χ4n) is 4.37. The highest BCUT2D eigenvalue weighted by Gasteiger charge is 2.35. The van der Waals surface area contributed by atoms with E-state index >= 15 is 0 Å². The van der Waals surface area contributed by atoms with Gasteiger partial charge in [0.2, 0.25) is 10.0 Å². The zero-order valence-electron chi connectivity index (χ0n) is 19.5. The van der Waals surface area contributed by atoms with Crippen molar-refractivity contribution < 1.29 is 13.5 Å². The summed E-state index contributed by atoms with van der Waals surface area (Å²) in [7, 11) is -3.38. The lowest BCUT2D eigenvalue weighted by atomic mass is 9.81. The largest absolute Gasteiger partial charge is 0.395 e. The number of nitrogens with zero attached hydrogens (tertiary/aromatic N) is 2. The molecule has 1 unspecified atom stereocenters. The van der Waals surface area contributed by atoms with E-state index in [1.807, 2.05) is 36.4 Å². The lowest BCUT2D eigenvalue weighted by Crippen LogP contribution is -2.48. The molecule has 0 aliphatic carbocycles. The van der Waals surface area contributed by atoms with Gasteiger partial charge >= 0.3 is 0 Å². The topological polar surface area (TPSA) is 103 Å². The van der Waals surface area contributed by atoms with E-state index in [9.17, 15) is 18.8 Å². The molecule has 2 N–H and O–H groups in total. The van der Waals surface area contributed by atoms with Gasteiger partial charge in [-0.15, -0.1) is 0 Å². The number of rotatable bonds is 8. The van der Waals surface area contributed by atoms with Crippen molar-refractivity contribution >= 4 is 16.1 Å². The summed E-state index contributed by atoms with van der Waals surface area (Å²) in [5, 5.41) is 18.1. The van der Waals surface area contributed by atoms with Crippen LogP contribution in [0.1, 0.15) is 51.3 Å². The van der Waals surface area contributed by atoms with E-state index in [4.69, 9.17) is 0 Å². The number of nitrogens with one attached hydrogen (secondary N) is 1. The SMILES string of the molecule is C[C@@H]([C@@H](C)/C=C/c1ccc(-c2ccccc2C#N)cn1)[C@@H](C)CC1CC[C@@H](CO)NS1(=O)=O. The van der Waals surface area contributed by atoms with Gasteiger partial charge in [0.1, 0.15) is 0 Å². The fourth-order valence-corrected chi connectivity index (χ4v) is 6.22. The van der Waals surface area contributed by atoms with Crippen LogP contribution < -0.4 is 4.72 Å². The summed E-state index contributed by atoms with van der Waals surface area (Å²) in [6, 6.07) is 13.3. The van der Waals surface area contributed by atoms with Gasteiger partial charge in [0.15, 0.2) is 0 Å². The van der Waals surface area contributed by atoms with Gasteiger partial charge in [0.25, 0.3) is 0 Å². The first-order chi connectivity index (χ1) is 15.7. The molecule has 1 fully saturated rings. The van der Waals surface area contributed by atoms with Gasteiger partial charge in [-0.2, -0.15) is 5.26 Å². The number of hydrogen-bond acceptors (Lipinski definition) is 5. The van der Waals surface area contributed by atoms with Crippen molar-refractivity contribution in [3.05, 3.63) is 59.9 Å². The number of aliphatic hydroxyl groups excluding tert-OH is 1. The molecular weight excluding hydrogens is 434 g/mol. The minimum absolute atomic E-state index is 0.153. The van der Waals surface area contributed by atoms with Crippen molar-refractivity contribution in [1.29, 1.82) is 5.26 Å². The van der Waals surface area contributed by atoms with E-state index in [-0.39, 0.29) is 24.5 Å². The molecule has 1 aliphatic rings. The fraction of sp³-hybridized carbons (Fsp3) is 0.462. The van der Waals surface area contributed by atoms with Crippen molar-refractivity contribution in [1.82, 2.24) is 9.71 Å². The Labute approximate surface area is 197 Å². The molecular formula is C26H33N3O3S. The third kappa shape index (κ3) is 6.29. The third-order valence-corrected chi connectivity index (χ3v) is 8.87. The monoisotopic (exact) mass is 467 g/mol. The number of benzene rings is 1. The molecule has 2 heterocycles. The van der Waals surface area contributed by atoms with Crippen LogP contribution in [0.25, 0.3) is 17.2 Å². The molecule has 176 valence electrons. The first-order valence-electron chi connectivity index (χ1n) is 11.5. The van der Waals surface area contributed by atoms with Crippen LogP contribution in [0.2, 0.25) is 0 Å². The van der Waals surface area contributed by atoms with E-state index in [2.05, 4.69) is 42.6 Å². The van der Waals surface area contributed by atoms with E-state index in [1.165, 1.54) is 0 Å². The summed E-state index contributed by atoms with van der Waals surface area (Å²) < 4.78 is 27.6. The Morgan fingerprint density at radius 3 is 2.61 bits per heavy atom. The van der Waals surface area contributed by atoms with Crippen LogP contribution >= 0.6 is 0 Å². The molecule has 0 saturated carbocycles. The molecule has 0 radical (unpaired) electrons. The molecule has 6 nitrogen and oxygen atoms in total. The molecule has 0 spiro atoms. The molecule has 2 aromatic rings. The predicted molar refractivity (Wildman–Crippen MR) is 131 cm³/mol. The summed E-state index contributed by atoms with van der Waals surface area (Å²) in [4.78, 5) is 4.53. The second-order valence-electron chi connectivity index (χ2n) is 9.16. The Morgan fingerprint density at radius 1 is 1.21 bits per heavy atom. The average Bonchev–Trinajstić information content (AvgIpc) is 2.83. The molecule has 1 aromatic carbocycles. The van der Waals surface area contributed by atoms with Crippen molar-refractivity contribution in [3.8, 4) is 17.2 Å². The number of sulfonamides is 1.